The van der Waals surface area contributed by atoms with Crippen molar-refractivity contribution in [3.63, 3.8) is 0 Å². The van der Waals surface area contributed by atoms with Crippen LogP contribution in [0.15, 0.2) is 0 Å². The fourth-order valence-corrected chi connectivity index (χ4v) is 9.14. The molecule has 3 aliphatic carbocycles. The second kappa shape index (κ2) is 17.4. The molecule has 3 heterocycles. The van der Waals surface area contributed by atoms with Crippen LogP contribution < -0.4 is 0 Å². The minimum absolute atomic E-state index is 0.0367. The molecular formula is C34H59O19+. The SMILES string of the molecule is C[C@H]1O[C@@H](OC[C@@H]2O[C@@H](OC3CC4C(O[C@H]5C[C@H](CO)[C@@H](O)[C@H](O)[C@H]5O)CC(O)CC4[OH+]C3C3CCC(O)C(O)C3)[C@H](O)[C@@H](O)[C@@H]2O)[C@H](O)[C@H](O)[C@H]1O. The lowest BCUT2D eigenvalue weighted by molar-refractivity contribution is -0.364. The third kappa shape index (κ3) is 8.74. The smallest absolute Gasteiger partial charge is 0.187 e. The summed E-state index contributed by atoms with van der Waals surface area (Å²) in [7, 11) is 0. The van der Waals surface area contributed by atoms with Gasteiger partial charge in [0.2, 0.25) is 0 Å². The van der Waals surface area contributed by atoms with E-state index in [0.717, 1.165) is 0 Å². The number of hydrogen-bond acceptors (Lipinski definition) is 18. The van der Waals surface area contributed by atoms with E-state index in [1.165, 1.54) is 6.92 Å². The predicted octanol–water partition coefficient (Wildman–Crippen LogP) is -6.17. The molecule has 0 radical (unpaired) electrons. The Morgan fingerprint density at radius 3 is 1.96 bits per heavy atom. The molecule has 19 heteroatoms. The number of aliphatic hydroxyl groups is 15. The van der Waals surface area contributed by atoms with Crippen LogP contribution >= 0.6 is 0 Å². The monoisotopic (exact) mass is 771 g/mol. The second-order valence-corrected chi connectivity index (χ2v) is 16.0. The summed E-state index contributed by atoms with van der Waals surface area (Å²) in [5.41, 5.74) is 0. The van der Waals surface area contributed by atoms with E-state index in [0.29, 0.717) is 12.8 Å². The van der Waals surface area contributed by atoms with Gasteiger partial charge in [0.15, 0.2) is 24.8 Å². The molecule has 308 valence electrons. The molecular weight excluding hydrogens is 712 g/mol. The third-order valence-corrected chi connectivity index (χ3v) is 12.4. The zero-order valence-electron chi connectivity index (χ0n) is 29.5. The van der Waals surface area contributed by atoms with E-state index in [-0.39, 0.29) is 38.0 Å². The van der Waals surface area contributed by atoms with Crippen molar-refractivity contribution < 1.29 is 94.8 Å². The van der Waals surface area contributed by atoms with E-state index >= 15 is 0 Å². The lowest BCUT2D eigenvalue weighted by Gasteiger charge is -2.50. The molecule has 9 unspecified atom stereocenters. The van der Waals surface area contributed by atoms with Gasteiger partial charge in [0.1, 0.15) is 61.0 Å². The van der Waals surface area contributed by atoms with Gasteiger partial charge in [-0.2, -0.15) is 0 Å². The molecule has 6 fully saturated rings. The zero-order valence-corrected chi connectivity index (χ0v) is 29.5. The van der Waals surface area contributed by atoms with E-state index in [1.807, 2.05) is 0 Å². The van der Waals surface area contributed by atoms with Crippen LogP contribution in [0.1, 0.15) is 51.9 Å². The van der Waals surface area contributed by atoms with E-state index in [2.05, 4.69) is 0 Å². The van der Waals surface area contributed by atoms with Crippen molar-refractivity contribution >= 4 is 0 Å². The molecule has 0 aromatic carbocycles. The summed E-state index contributed by atoms with van der Waals surface area (Å²) in [4.78, 5) is 0. The zero-order chi connectivity index (χ0) is 38.5. The first kappa shape index (κ1) is 41.9. The van der Waals surface area contributed by atoms with Crippen molar-refractivity contribution in [2.24, 2.45) is 17.8 Å². The van der Waals surface area contributed by atoms with Gasteiger partial charge in [-0.05, 0) is 39.0 Å². The average Bonchev–Trinajstić information content (AvgIpc) is 3.13. The first-order chi connectivity index (χ1) is 25.1. The maximum Gasteiger partial charge on any atom is 0.187 e. The van der Waals surface area contributed by atoms with Crippen LogP contribution in [0, 0.1) is 17.8 Å². The van der Waals surface area contributed by atoms with Crippen LogP contribution in [-0.4, -0.2) is 213 Å². The summed E-state index contributed by atoms with van der Waals surface area (Å²) in [6, 6.07) is 0. The number of fused-ring (bicyclic) bond motifs is 1. The summed E-state index contributed by atoms with van der Waals surface area (Å²) in [5.74, 6) is -1.50. The van der Waals surface area contributed by atoms with Crippen molar-refractivity contribution in [3.05, 3.63) is 0 Å². The largest absolute Gasteiger partial charge is 0.427 e. The van der Waals surface area contributed by atoms with E-state index in [1.54, 1.807) is 0 Å². The second-order valence-electron chi connectivity index (χ2n) is 16.0. The van der Waals surface area contributed by atoms with E-state index in [4.69, 9.17) is 28.4 Å². The summed E-state index contributed by atoms with van der Waals surface area (Å²) in [5, 5.41) is 136. The highest BCUT2D eigenvalue weighted by atomic mass is 16.7. The topological polar surface area (TPSA) is 322 Å². The van der Waals surface area contributed by atoms with Crippen LogP contribution in [0.3, 0.4) is 0 Å². The molecule has 53 heavy (non-hydrogen) atoms. The van der Waals surface area contributed by atoms with Gasteiger partial charge >= 0.3 is 0 Å². The molecule has 0 spiro atoms. The Hall–Kier alpha value is -0.760. The summed E-state index contributed by atoms with van der Waals surface area (Å²) < 4.78 is 34.9. The number of aliphatic hydroxyl groups excluding tert-OH is 13. The fraction of sp³-hybridized carbons (Fsp3) is 1.00. The first-order valence-corrected chi connectivity index (χ1v) is 18.8. The fourth-order valence-electron chi connectivity index (χ4n) is 9.14. The molecule has 3 saturated heterocycles. The van der Waals surface area contributed by atoms with Gasteiger partial charge in [-0.25, -0.2) is 0 Å². The Bertz CT molecular complexity index is 1170. The summed E-state index contributed by atoms with van der Waals surface area (Å²) in [6.07, 6.45) is -24.3. The third-order valence-electron chi connectivity index (χ3n) is 12.4. The molecule has 3 aliphatic heterocycles. The lowest BCUT2D eigenvalue weighted by atomic mass is 9.72. The van der Waals surface area contributed by atoms with Gasteiger partial charge in [0, 0.05) is 31.3 Å². The summed E-state index contributed by atoms with van der Waals surface area (Å²) in [6.45, 7) is 0.520. The standard InChI is InChI=1S/C34H58O19/c1-11-23(39)27(43)30(46)33(49-11)48-10-22-26(42)29(45)31(47)34(53-22)52-21-8-15-18(50-20-5-13(9-35)24(40)28(44)25(20)41)6-14(36)7-19(15)51-32(21)12-2-3-16(37)17(38)4-12/h11-47H,2-10H2,1H3/p+1/t11-,12?,13-,14?,15?,16?,17?,18?,19?,20+,21?,22+,23+,24-,25+,26-,27-,28+,29+,30-,31-,32?,33-,34-/m1/s1. The minimum atomic E-state index is -1.78. The normalized spacial score (nSPS) is 55.4. The molecule has 0 amide bonds. The highest BCUT2D eigenvalue weighted by Gasteiger charge is 2.56. The molecule has 3 saturated carbocycles. The molecule has 0 aromatic rings. The van der Waals surface area contributed by atoms with Crippen LogP contribution in [-0.2, 0) is 23.7 Å². The summed E-state index contributed by atoms with van der Waals surface area (Å²) >= 11 is 0. The van der Waals surface area contributed by atoms with Crippen LogP contribution in [0.5, 0.6) is 0 Å². The molecule has 6 rings (SSSR count). The van der Waals surface area contributed by atoms with Gasteiger partial charge in [0.25, 0.3) is 0 Å². The van der Waals surface area contributed by atoms with E-state index in [9.17, 15) is 66.4 Å². The number of ether oxygens (including phenoxy) is 6. The Kier molecular flexibility index (Phi) is 13.7. The van der Waals surface area contributed by atoms with Gasteiger partial charge < -0.3 is 94.8 Å². The van der Waals surface area contributed by atoms with Crippen molar-refractivity contribution in [1.82, 2.24) is 0 Å². The first-order valence-electron chi connectivity index (χ1n) is 18.8. The highest BCUT2D eigenvalue weighted by Crippen LogP contribution is 2.44. The van der Waals surface area contributed by atoms with Crippen molar-refractivity contribution in [2.75, 3.05) is 13.2 Å². The Balaban J connectivity index is 1.20. The minimum Gasteiger partial charge on any atom is -0.427 e. The van der Waals surface area contributed by atoms with E-state index < -0.39 is 154 Å². The number of hydrogen-bond donors (Lipinski definition) is 13. The van der Waals surface area contributed by atoms with Crippen LogP contribution in [0.25, 0.3) is 0 Å². The van der Waals surface area contributed by atoms with Crippen molar-refractivity contribution in [3.8, 4) is 0 Å². The lowest BCUT2D eigenvalue weighted by Crippen LogP contribution is -2.64. The maximum atomic E-state index is 11.1. The average molecular weight is 772 g/mol. The quantitative estimate of drug-likeness (QED) is 0.0970. The van der Waals surface area contributed by atoms with Gasteiger partial charge in [0.05, 0.1) is 55.3 Å². The molecule has 19 nitrogen and oxygen atoms in total. The molecule has 24 atom stereocenters. The number of rotatable bonds is 9. The molecule has 14 N–H and O–H groups in total. The maximum absolute atomic E-state index is 11.1. The molecule has 6 aliphatic rings. The van der Waals surface area contributed by atoms with Gasteiger partial charge in [-0.15, -0.1) is 0 Å². The van der Waals surface area contributed by atoms with Gasteiger partial charge in [-0.3, -0.25) is 0 Å². The molecule has 0 aromatic heterocycles. The van der Waals surface area contributed by atoms with Crippen molar-refractivity contribution in [2.45, 2.75) is 180 Å². The molecule has 0 bridgehead atoms. The van der Waals surface area contributed by atoms with Crippen LogP contribution in [0.2, 0.25) is 0 Å². The Labute approximate surface area is 306 Å². The Morgan fingerprint density at radius 1 is 0.585 bits per heavy atom. The van der Waals surface area contributed by atoms with Crippen LogP contribution in [0.4, 0.5) is 0 Å². The highest BCUT2D eigenvalue weighted by molar-refractivity contribution is 5.01. The predicted molar refractivity (Wildman–Crippen MR) is 174 cm³/mol. The van der Waals surface area contributed by atoms with Crippen molar-refractivity contribution in [1.29, 1.82) is 0 Å². The Morgan fingerprint density at radius 2 is 1.26 bits per heavy atom. The van der Waals surface area contributed by atoms with Gasteiger partial charge in [-0.1, -0.05) is 0 Å².